The maximum absolute atomic E-state index is 11.8. The van der Waals surface area contributed by atoms with Crippen LogP contribution in [0.4, 0.5) is 0 Å². The summed E-state index contributed by atoms with van der Waals surface area (Å²) >= 11 is 0. The maximum Gasteiger partial charge on any atom is 0.343 e. The Labute approximate surface area is 104 Å². The average molecular weight is 239 g/mol. The Hall–Kier alpha value is -2.80. The highest BCUT2D eigenvalue weighted by atomic mass is 16.5. The van der Waals surface area contributed by atoms with Crippen LogP contribution < -0.4 is 4.74 Å². The van der Waals surface area contributed by atoms with Gasteiger partial charge in [-0.1, -0.05) is 18.2 Å². The fraction of sp³-hybridized carbons (Fsp3) is 0. The van der Waals surface area contributed by atoms with Crippen LogP contribution in [0.2, 0.25) is 0 Å². The van der Waals surface area contributed by atoms with Crippen LogP contribution in [0.1, 0.15) is 15.9 Å². The molecule has 0 aliphatic rings. The Bertz CT molecular complexity index is 615. The highest BCUT2D eigenvalue weighted by Gasteiger charge is 2.11. The first-order valence-corrected chi connectivity index (χ1v) is 5.21. The van der Waals surface area contributed by atoms with Crippen LogP contribution in [-0.2, 0) is 0 Å². The molecule has 0 atom stereocenters. The molecule has 0 aliphatic carbocycles. The topological polar surface area (TPSA) is 70.3 Å². The van der Waals surface area contributed by atoms with Gasteiger partial charge in [-0.3, -0.25) is 0 Å². The summed E-state index contributed by atoms with van der Waals surface area (Å²) in [6.07, 6.45) is 0. The van der Waals surface area contributed by atoms with Gasteiger partial charge in [0.25, 0.3) is 0 Å². The van der Waals surface area contributed by atoms with Gasteiger partial charge < -0.3 is 9.84 Å². The highest BCUT2D eigenvalue weighted by Crippen LogP contribution is 2.24. The van der Waals surface area contributed by atoms with E-state index in [4.69, 9.17) is 10.00 Å². The first-order chi connectivity index (χ1) is 8.70. The van der Waals surface area contributed by atoms with E-state index < -0.39 is 5.97 Å². The van der Waals surface area contributed by atoms with Crippen molar-refractivity contribution >= 4 is 5.97 Å². The second-order valence-electron chi connectivity index (χ2n) is 3.55. The van der Waals surface area contributed by atoms with Crippen molar-refractivity contribution in [3.63, 3.8) is 0 Å². The summed E-state index contributed by atoms with van der Waals surface area (Å²) < 4.78 is 5.08. The van der Waals surface area contributed by atoms with Crippen LogP contribution in [0.15, 0.2) is 48.5 Å². The monoisotopic (exact) mass is 239 g/mol. The third kappa shape index (κ3) is 2.47. The molecule has 0 aliphatic heterocycles. The summed E-state index contributed by atoms with van der Waals surface area (Å²) in [6, 6.07) is 14.3. The minimum Gasteiger partial charge on any atom is -0.508 e. The first-order valence-electron chi connectivity index (χ1n) is 5.21. The maximum atomic E-state index is 11.8. The number of nitriles is 1. The molecule has 0 spiro atoms. The van der Waals surface area contributed by atoms with Crippen molar-refractivity contribution in [2.45, 2.75) is 0 Å². The van der Waals surface area contributed by atoms with Gasteiger partial charge in [0.2, 0.25) is 0 Å². The van der Waals surface area contributed by atoms with Crippen LogP contribution in [-0.4, -0.2) is 11.1 Å². The molecule has 0 aromatic heterocycles. The second-order valence-corrected chi connectivity index (χ2v) is 3.55. The molecular formula is C14H9NO3. The fourth-order valence-electron chi connectivity index (χ4n) is 1.42. The second kappa shape index (κ2) is 5.02. The fourth-order valence-corrected chi connectivity index (χ4v) is 1.42. The molecule has 0 amide bonds. The molecule has 0 radical (unpaired) electrons. The summed E-state index contributed by atoms with van der Waals surface area (Å²) in [4.78, 5) is 11.8. The van der Waals surface area contributed by atoms with E-state index in [9.17, 15) is 9.90 Å². The van der Waals surface area contributed by atoms with E-state index in [0.29, 0.717) is 5.56 Å². The molecular weight excluding hydrogens is 230 g/mol. The number of carbonyl (C=O) groups is 1. The van der Waals surface area contributed by atoms with Gasteiger partial charge in [-0.05, 0) is 24.3 Å². The van der Waals surface area contributed by atoms with E-state index >= 15 is 0 Å². The number of hydrogen-bond acceptors (Lipinski definition) is 4. The van der Waals surface area contributed by atoms with E-state index in [1.165, 1.54) is 18.2 Å². The van der Waals surface area contributed by atoms with Crippen molar-refractivity contribution in [3.05, 3.63) is 59.7 Å². The Morgan fingerprint density at radius 1 is 1.17 bits per heavy atom. The van der Waals surface area contributed by atoms with Crippen LogP contribution in [0.25, 0.3) is 0 Å². The lowest BCUT2D eigenvalue weighted by Gasteiger charge is -2.06. The molecule has 2 rings (SSSR count). The number of phenols is 1. The number of benzene rings is 2. The zero-order chi connectivity index (χ0) is 13.0. The lowest BCUT2D eigenvalue weighted by atomic mass is 10.2. The number of esters is 1. The van der Waals surface area contributed by atoms with Gasteiger partial charge in [0.1, 0.15) is 11.8 Å². The third-order valence-corrected chi connectivity index (χ3v) is 2.30. The minimum absolute atomic E-state index is 0.0475. The molecule has 0 fully saturated rings. The van der Waals surface area contributed by atoms with Crippen molar-refractivity contribution < 1.29 is 14.6 Å². The summed E-state index contributed by atoms with van der Waals surface area (Å²) in [5.74, 6) is -0.589. The van der Waals surface area contributed by atoms with Gasteiger partial charge >= 0.3 is 5.97 Å². The molecule has 2 aromatic carbocycles. The Morgan fingerprint density at radius 2 is 1.89 bits per heavy atom. The van der Waals surface area contributed by atoms with Gasteiger partial charge in [0.15, 0.2) is 5.75 Å². The molecule has 0 unspecified atom stereocenters. The molecule has 4 heteroatoms. The molecule has 2 aromatic rings. The largest absolute Gasteiger partial charge is 0.508 e. The number of aromatic hydroxyl groups is 1. The molecule has 0 bridgehead atoms. The van der Waals surface area contributed by atoms with Crippen molar-refractivity contribution in [2.24, 2.45) is 0 Å². The van der Waals surface area contributed by atoms with Crippen molar-refractivity contribution in [3.8, 4) is 17.6 Å². The number of hydrogen-bond donors (Lipinski definition) is 1. The predicted octanol–water partition coefficient (Wildman–Crippen LogP) is 2.48. The van der Waals surface area contributed by atoms with E-state index in [1.54, 1.807) is 30.3 Å². The van der Waals surface area contributed by atoms with E-state index in [2.05, 4.69) is 0 Å². The van der Waals surface area contributed by atoms with Crippen LogP contribution >= 0.6 is 0 Å². The molecule has 4 nitrogen and oxygen atoms in total. The zero-order valence-corrected chi connectivity index (χ0v) is 9.33. The Morgan fingerprint density at radius 3 is 2.56 bits per heavy atom. The van der Waals surface area contributed by atoms with Gasteiger partial charge in [0, 0.05) is 6.07 Å². The SMILES string of the molecule is N#Cc1ccc(O)cc1OC(=O)c1ccccc1. The molecule has 1 N–H and O–H groups in total. The highest BCUT2D eigenvalue weighted by molar-refractivity contribution is 5.91. The third-order valence-electron chi connectivity index (χ3n) is 2.30. The van der Waals surface area contributed by atoms with E-state index in [1.807, 2.05) is 6.07 Å². The summed E-state index contributed by atoms with van der Waals surface area (Å²) in [7, 11) is 0. The minimum atomic E-state index is -0.572. The molecule has 0 saturated heterocycles. The van der Waals surface area contributed by atoms with Crippen molar-refractivity contribution in [1.82, 2.24) is 0 Å². The van der Waals surface area contributed by atoms with Crippen LogP contribution in [0.3, 0.4) is 0 Å². The summed E-state index contributed by atoms with van der Waals surface area (Å²) in [5.41, 5.74) is 0.571. The first kappa shape index (κ1) is 11.7. The number of carbonyl (C=O) groups excluding carboxylic acids is 1. The smallest absolute Gasteiger partial charge is 0.343 e. The van der Waals surface area contributed by atoms with Crippen LogP contribution in [0, 0.1) is 11.3 Å². The number of nitrogens with zero attached hydrogens (tertiary/aromatic N) is 1. The van der Waals surface area contributed by atoms with E-state index in [-0.39, 0.29) is 17.1 Å². The van der Waals surface area contributed by atoms with Crippen molar-refractivity contribution in [1.29, 1.82) is 5.26 Å². The number of rotatable bonds is 2. The summed E-state index contributed by atoms with van der Waals surface area (Å²) in [5, 5.41) is 18.2. The van der Waals surface area contributed by atoms with Crippen molar-refractivity contribution in [2.75, 3.05) is 0 Å². The van der Waals surface area contributed by atoms with E-state index in [0.717, 1.165) is 0 Å². The van der Waals surface area contributed by atoms with Gasteiger partial charge in [-0.15, -0.1) is 0 Å². The average Bonchev–Trinajstić information content (AvgIpc) is 2.40. The normalized spacial score (nSPS) is 9.50. The quantitative estimate of drug-likeness (QED) is 0.645. The van der Waals surface area contributed by atoms with Crippen LogP contribution in [0.5, 0.6) is 11.5 Å². The predicted molar refractivity (Wildman–Crippen MR) is 64.2 cm³/mol. The number of ether oxygens (including phenoxy) is 1. The van der Waals surface area contributed by atoms with Gasteiger partial charge in [-0.2, -0.15) is 5.26 Å². The lowest BCUT2D eigenvalue weighted by Crippen LogP contribution is -2.09. The molecule has 18 heavy (non-hydrogen) atoms. The zero-order valence-electron chi connectivity index (χ0n) is 9.33. The van der Waals surface area contributed by atoms with Gasteiger partial charge in [-0.25, -0.2) is 4.79 Å². The molecule has 88 valence electrons. The molecule has 0 saturated carbocycles. The Balaban J connectivity index is 2.28. The summed E-state index contributed by atoms with van der Waals surface area (Å²) in [6.45, 7) is 0. The number of phenolic OH excluding ortho intramolecular Hbond substituents is 1. The Kier molecular flexibility index (Phi) is 3.26. The standard InChI is InChI=1S/C14H9NO3/c15-9-11-6-7-12(16)8-13(11)18-14(17)10-4-2-1-3-5-10/h1-8,16H. The lowest BCUT2D eigenvalue weighted by molar-refractivity contribution is 0.0734. The van der Waals surface area contributed by atoms with Gasteiger partial charge in [0.05, 0.1) is 11.1 Å². The molecule has 0 heterocycles.